The summed E-state index contributed by atoms with van der Waals surface area (Å²) in [6.07, 6.45) is 0.423. The third-order valence-corrected chi connectivity index (χ3v) is 5.15. The summed E-state index contributed by atoms with van der Waals surface area (Å²) in [5.74, 6) is 1.76. The van der Waals surface area contributed by atoms with Gasteiger partial charge in [0, 0.05) is 39.1 Å². The van der Waals surface area contributed by atoms with Gasteiger partial charge in [0.1, 0.15) is 5.01 Å². The standard InChI is InChI=1S/C14H22N4OS/c1-17(2)14(19)3-13-16-12(9-20-13)8-18-6-10-4-15-5-11(10)7-18/h9-11,15H,3-8H2,1-2H3/t10-,11+. The normalized spacial score (nSPS) is 25.9. The zero-order valence-corrected chi connectivity index (χ0v) is 12.9. The lowest BCUT2D eigenvalue weighted by Gasteiger charge is -2.15. The molecular formula is C14H22N4OS. The Bertz CT molecular complexity index is 475. The molecule has 3 heterocycles. The Morgan fingerprint density at radius 1 is 1.45 bits per heavy atom. The molecule has 2 saturated heterocycles. The molecule has 2 aliphatic rings. The summed E-state index contributed by atoms with van der Waals surface area (Å²) in [6.45, 7) is 5.63. The first-order valence-corrected chi connectivity index (χ1v) is 8.06. The molecule has 0 spiro atoms. The van der Waals surface area contributed by atoms with E-state index in [0.717, 1.165) is 29.1 Å². The van der Waals surface area contributed by atoms with Crippen molar-refractivity contribution in [2.45, 2.75) is 13.0 Å². The average Bonchev–Trinajstić information content (AvgIpc) is 3.05. The topological polar surface area (TPSA) is 48.5 Å². The lowest BCUT2D eigenvalue weighted by Crippen LogP contribution is -2.25. The molecular weight excluding hydrogens is 272 g/mol. The Morgan fingerprint density at radius 2 is 2.15 bits per heavy atom. The fourth-order valence-corrected chi connectivity index (χ4v) is 3.88. The van der Waals surface area contributed by atoms with Crippen LogP contribution in [0.5, 0.6) is 0 Å². The van der Waals surface area contributed by atoms with E-state index in [9.17, 15) is 4.79 Å². The summed E-state index contributed by atoms with van der Waals surface area (Å²) in [5, 5.41) is 6.49. The lowest BCUT2D eigenvalue weighted by molar-refractivity contribution is -0.127. The molecule has 2 atom stereocenters. The molecule has 3 rings (SSSR count). The molecule has 0 bridgehead atoms. The third kappa shape index (κ3) is 3.02. The van der Waals surface area contributed by atoms with E-state index in [1.54, 1.807) is 30.3 Å². The van der Waals surface area contributed by atoms with Crippen LogP contribution in [0.3, 0.4) is 0 Å². The molecule has 20 heavy (non-hydrogen) atoms. The van der Waals surface area contributed by atoms with Crippen LogP contribution in [-0.2, 0) is 17.8 Å². The van der Waals surface area contributed by atoms with E-state index < -0.39 is 0 Å². The molecule has 0 saturated carbocycles. The Balaban J connectivity index is 1.54. The fourth-order valence-electron chi connectivity index (χ4n) is 3.10. The maximum atomic E-state index is 11.7. The van der Waals surface area contributed by atoms with Crippen molar-refractivity contribution in [3.63, 3.8) is 0 Å². The smallest absolute Gasteiger partial charge is 0.228 e. The summed E-state index contributed by atoms with van der Waals surface area (Å²) in [6, 6.07) is 0. The van der Waals surface area contributed by atoms with Gasteiger partial charge in [-0.05, 0) is 24.9 Å². The van der Waals surface area contributed by atoms with Crippen molar-refractivity contribution in [1.29, 1.82) is 0 Å². The number of likely N-dealkylation sites (N-methyl/N-ethyl adjacent to an activating group) is 1. The number of nitrogens with zero attached hydrogens (tertiary/aromatic N) is 3. The highest BCUT2D eigenvalue weighted by molar-refractivity contribution is 7.09. The highest BCUT2D eigenvalue weighted by atomic mass is 32.1. The van der Waals surface area contributed by atoms with Gasteiger partial charge in [0.25, 0.3) is 0 Å². The number of hydrogen-bond acceptors (Lipinski definition) is 5. The Labute approximate surface area is 124 Å². The van der Waals surface area contributed by atoms with Gasteiger partial charge in [-0.15, -0.1) is 11.3 Å². The number of likely N-dealkylation sites (tertiary alicyclic amines) is 1. The van der Waals surface area contributed by atoms with Gasteiger partial charge in [-0.3, -0.25) is 9.69 Å². The number of hydrogen-bond donors (Lipinski definition) is 1. The summed E-state index contributed by atoms with van der Waals surface area (Å²) < 4.78 is 0. The quantitative estimate of drug-likeness (QED) is 0.875. The summed E-state index contributed by atoms with van der Waals surface area (Å²) in [7, 11) is 3.57. The van der Waals surface area contributed by atoms with Crippen LogP contribution in [-0.4, -0.2) is 61.0 Å². The molecule has 6 heteroatoms. The number of aromatic nitrogens is 1. The van der Waals surface area contributed by atoms with Gasteiger partial charge in [0.2, 0.25) is 5.91 Å². The minimum Gasteiger partial charge on any atom is -0.348 e. The van der Waals surface area contributed by atoms with Crippen LogP contribution in [0.4, 0.5) is 0 Å². The largest absolute Gasteiger partial charge is 0.348 e. The van der Waals surface area contributed by atoms with Crippen molar-refractivity contribution in [1.82, 2.24) is 20.1 Å². The second-order valence-corrected chi connectivity index (χ2v) is 7.01. The van der Waals surface area contributed by atoms with Crippen molar-refractivity contribution < 1.29 is 4.79 Å². The summed E-state index contributed by atoms with van der Waals surface area (Å²) in [4.78, 5) is 20.4. The van der Waals surface area contributed by atoms with Crippen LogP contribution >= 0.6 is 11.3 Å². The molecule has 110 valence electrons. The number of amides is 1. The van der Waals surface area contributed by atoms with E-state index in [-0.39, 0.29) is 5.91 Å². The Kier molecular flexibility index (Phi) is 4.05. The van der Waals surface area contributed by atoms with E-state index in [1.165, 1.54) is 26.2 Å². The molecule has 1 amide bonds. The van der Waals surface area contributed by atoms with Gasteiger partial charge >= 0.3 is 0 Å². The van der Waals surface area contributed by atoms with Crippen molar-refractivity contribution in [3.05, 3.63) is 16.1 Å². The third-order valence-electron chi connectivity index (χ3n) is 4.25. The molecule has 0 aromatic carbocycles. The molecule has 5 nitrogen and oxygen atoms in total. The van der Waals surface area contributed by atoms with E-state index in [4.69, 9.17) is 0 Å². The van der Waals surface area contributed by atoms with Gasteiger partial charge in [0.05, 0.1) is 12.1 Å². The van der Waals surface area contributed by atoms with E-state index >= 15 is 0 Å². The molecule has 0 radical (unpaired) electrons. The van der Waals surface area contributed by atoms with Crippen molar-refractivity contribution >= 4 is 17.2 Å². The van der Waals surface area contributed by atoms with Gasteiger partial charge in [-0.25, -0.2) is 4.98 Å². The molecule has 2 fully saturated rings. The highest BCUT2D eigenvalue weighted by Gasteiger charge is 2.35. The van der Waals surface area contributed by atoms with Crippen LogP contribution in [0.25, 0.3) is 0 Å². The van der Waals surface area contributed by atoms with E-state index in [2.05, 4.69) is 20.6 Å². The second kappa shape index (κ2) is 5.79. The zero-order valence-electron chi connectivity index (χ0n) is 12.1. The van der Waals surface area contributed by atoms with Crippen LogP contribution in [0.2, 0.25) is 0 Å². The monoisotopic (exact) mass is 294 g/mol. The van der Waals surface area contributed by atoms with Crippen molar-refractivity contribution in [2.24, 2.45) is 11.8 Å². The van der Waals surface area contributed by atoms with E-state index in [1.807, 2.05) is 0 Å². The maximum absolute atomic E-state index is 11.7. The first kappa shape index (κ1) is 14.0. The number of fused-ring (bicyclic) bond motifs is 1. The lowest BCUT2D eigenvalue weighted by atomic mass is 10.0. The number of carbonyl (C=O) groups excluding carboxylic acids is 1. The summed E-state index contributed by atoms with van der Waals surface area (Å²) >= 11 is 1.60. The van der Waals surface area contributed by atoms with Crippen molar-refractivity contribution in [2.75, 3.05) is 40.3 Å². The van der Waals surface area contributed by atoms with Crippen LogP contribution in [0, 0.1) is 11.8 Å². The SMILES string of the molecule is CN(C)C(=O)Cc1nc(CN2C[C@H]3CNC[C@H]3C2)cs1. The number of thiazole rings is 1. The van der Waals surface area contributed by atoms with Crippen LogP contribution in [0.15, 0.2) is 5.38 Å². The predicted molar refractivity (Wildman–Crippen MR) is 79.6 cm³/mol. The number of carbonyl (C=O) groups is 1. The first-order valence-electron chi connectivity index (χ1n) is 7.18. The average molecular weight is 294 g/mol. The van der Waals surface area contributed by atoms with Crippen molar-refractivity contribution in [3.8, 4) is 0 Å². The molecule has 0 unspecified atom stereocenters. The summed E-state index contributed by atoms with van der Waals surface area (Å²) in [5.41, 5.74) is 1.12. The Hall–Kier alpha value is -0.980. The molecule has 1 aromatic rings. The van der Waals surface area contributed by atoms with Crippen LogP contribution < -0.4 is 5.32 Å². The van der Waals surface area contributed by atoms with Gasteiger partial charge < -0.3 is 10.2 Å². The van der Waals surface area contributed by atoms with Gasteiger partial charge in [0.15, 0.2) is 0 Å². The molecule has 0 aliphatic carbocycles. The predicted octanol–water partition coefficient (Wildman–Crippen LogP) is 0.425. The maximum Gasteiger partial charge on any atom is 0.228 e. The Morgan fingerprint density at radius 3 is 2.80 bits per heavy atom. The van der Waals surface area contributed by atoms with Gasteiger partial charge in [-0.2, -0.15) is 0 Å². The van der Waals surface area contributed by atoms with E-state index in [0.29, 0.717) is 6.42 Å². The number of nitrogens with one attached hydrogen (secondary N) is 1. The first-order chi connectivity index (χ1) is 9.61. The minimum atomic E-state index is 0.118. The minimum absolute atomic E-state index is 0.118. The number of rotatable bonds is 4. The molecule has 1 N–H and O–H groups in total. The van der Waals surface area contributed by atoms with Gasteiger partial charge in [-0.1, -0.05) is 0 Å². The molecule has 1 aromatic heterocycles. The molecule has 2 aliphatic heterocycles. The highest BCUT2D eigenvalue weighted by Crippen LogP contribution is 2.27. The second-order valence-electron chi connectivity index (χ2n) is 6.07. The van der Waals surface area contributed by atoms with Crippen LogP contribution in [0.1, 0.15) is 10.7 Å². The fraction of sp³-hybridized carbons (Fsp3) is 0.714. The zero-order chi connectivity index (χ0) is 14.1.